The fourth-order valence-corrected chi connectivity index (χ4v) is 1.71. The zero-order valence-corrected chi connectivity index (χ0v) is 17.7. The third kappa shape index (κ3) is 21.1. The van der Waals surface area contributed by atoms with Gasteiger partial charge in [0.15, 0.2) is 0 Å². The molecule has 0 saturated heterocycles. The number of rotatable bonds is 17. The largest absolute Gasteiger partial charge is 0.444 e. The molecule has 11 heteroatoms. The van der Waals surface area contributed by atoms with Crippen LogP contribution < -0.4 is 10.6 Å². The number of amides is 2. The Morgan fingerprint density at radius 1 is 0.750 bits per heavy atom. The van der Waals surface area contributed by atoms with Gasteiger partial charge in [0.05, 0.1) is 64.7 Å². The summed E-state index contributed by atoms with van der Waals surface area (Å²) in [7, 11) is 0. The van der Waals surface area contributed by atoms with E-state index in [9.17, 15) is 9.59 Å². The minimum Gasteiger partial charge on any atom is -0.444 e. The lowest BCUT2D eigenvalue weighted by molar-refractivity contribution is -0.126. The molecule has 0 aliphatic carbocycles. The standard InChI is InChI=1S/C17H33ClN2O8/c1-17(2,3)28-16(22)20-5-7-23-8-9-25-10-11-26-14-15(21)19-4-6-24-12-13-27-18/h4-14H2,1-3H3,(H,19,21)(H,20,22). The zero-order valence-electron chi connectivity index (χ0n) is 16.9. The lowest BCUT2D eigenvalue weighted by Gasteiger charge is -2.19. The van der Waals surface area contributed by atoms with Gasteiger partial charge in [0.2, 0.25) is 5.91 Å². The highest BCUT2D eigenvalue weighted by molar-refractivity contribution is 6.07. The van der Waals surface area contributed by atoms with Crippen LogP contribution in [0.5, 0.6) is 0 Å². The first-order chi connectivity index (χ1) is 13.3. The van der Waals surface area contributed by atoms with E-state index in [0.717, 1.165) is 0 Å². The Bertz CT molecular complexity index is 407. The maximum atomic E-state index is 11.5. The molecule has 10 nitrogen and oxygen atoms in total. The van der Waals surface area contributed by atoms with Crippen LogP contribution in [-0.4, -0.2) is 90.2 Å². The molecule has 0 fully saturated rings. The number of carbonyl (C=O) groups excluding carboxylic acids is 2. The third-order valence-electron chi connectivity index (χ3n) is 2.77. The van der Waals surface area contributed by atoms with Gasteiger partial charge in [-0.25, -0.2) is 4.79 Å². The number of carbonyl (C=O) groups is 2. The van der Waals surface area contributed by atoms with E-state index in [2.05, 4.69) is 14.9 Å². The summed E-state index contributed by atoms with van der Waals surface area (Å²) in [6, 6.07) is 0. The average Bonchev–Trinajstić information content (AvgIpc) is 2.61. The highest BCUT2D eigenvalue weighted by Crippen LogP contribution is 2.05. The molecule has 2 amide bonds. The van der Waals surface area contributed by atoms with Crippen molar-refractivity contribution in [3.8, 4) is 0 Å². The van der Waals surface area contributed by atoms with Crippen molar-refractivity contribution in [1.29, 1.82) is 0 Å². The number of ether oxygens (including phenoxy) is 5. The van der Waals surface area contributed by atoms with Crippen LogP contribution in [0.3, 0.4) is 0 Å². The molecule has 0 bridgehead atoms. The SMILES string of the molecule is CC(C)(C)OC(=O)NCCOCCOCCOCC(=O)NCCOCCOCl. The Kier molecular flexibility index (Phi) is 17.1. The van der Waals surface area contributed by atoms with Gasteiger partial charge in [0, 0.05) is 13.1 Å². The van der Waals surface area contributed by atoms with Crippen LogP contribution in [0.2, 0.25) is 0 Å². The fraction of sp³-hybridized carbons (Fsp3) is 0.882. The third-order valence-corrected chi connectivity index (χ3v) is 2.92. The molecule has 0 saturated carbocycles. The molecule has 0 aliphatic heterocycles. The van der Waals surface area contributed by atoms with E-state index >= 15 is 0 Å². The molecule has 0 heterocycles. The van der Waals surface area contributed by atoms with Crippen molar-refractivity contribution >= 4 is 23.9 Å². The monoisotopic (exact) mass is 428 g/mol. The van der Waals surface area contributed by atoms with E-state index in [1.54, 1.807) is 20.8 Å². The molecular weight excluding hydrogens is 396 g/mol. The molecule has 0 aromatic rings. The molecule has 0 aromatic heterocycles. The lowest BCUT2D eigenvalue weighted by atomic mass is 10.2. The Balaban J connectivity index is 3.27. The van der Waals surface area contributed by atoms with E-state index in [-0.39, 0.29) is 12.5 Å². The topological polar surface area (TPSA) is 114 Å². The number of hydrogen-bond donors (Lipinski definition) is 2. The van der Waals surface area contributed by atoms with E-state index in [4.69, 9.17) is 35.6 Å². The summed E-state index contributed by atoms with van der Waals surface area (Å²) in [6.07, 6.45) is -0.470. The van der Waals surface area contributed by atoms with E-state index < -0.39 is 11.7 Å². The lowest BCUT2D eigenvalue weighted by Crippen LogP contribution is -2.34. The molecule has 2 N–H and O–H groups in total. The van der Waals surface area contributed by atoms with Gasteiger partial charge in [0.25, 0.3) is 0 Å². The van der Waals surface area contributed by atoms with Crippen LogP contribution in [0.15, 0.2) is 0 Å². The summed E-state index contributed by atoms with van der Waals surface area (Å²) in [5.74, 6) is -0.224. The Morgan fingerprint density at radius 2 is 1.25 bits per heavy atom. The summed E-state index contributed by atoms with van der Waals surface area (Å²) in [6.45, 7) is 8.96. The van der Waals surface area contributed by atoms with Crippen molar-refractivity contribution in [3.63, 3.8) is 0 Å². The highest BCUT2D eigenvalue weighted by atomic mass is 35.5. The summed E-state index contributed by atoms with van der Waals surface area (Å²) in [4.78, 5) is 22.8. The van der Waals surface area contributed by atoms with Gasteiger partial charge in [0.1, 0.15) is 12.2 Å². The van der Waals surface area contributed by atoms with Crippen molar-refractivity contribution in [2.75, 3.05) is 72.6 Å². The highest BCUT2D eigenvalue weighted by Gasteiger charge is 2.15. The first-order valence-electron chi connectivity index (χ1n) is 9.13. The smallest absolute Gasteiger partial charge is 0.407 e. The van der Waals surface area contributed by atoms with Gasteiger partial charge < -0.3 is 34.3 Å². The average molecular weight is 429 g/mol. The molecule has 28 heavy (non-hydrogen) atoms. The Hall–Kier alpha value is -1.17. The summed E-state index contributed by atoms with van der Waals surface area (Å²) >= 11 is 5.02. The van der Waals surface area contributed by atoms with Gasteiger partial charge in [-0.1, -0.05) is 0 Å². The van der Waals surface area contributed by atoms with E-state index in [0.29, 0.717) is 65.9 Å². The minimum absolute atomic E-state index is 0.0407. The van der Waals surface area contributed by atoms with Crippen molar-refractivity contribution in [2.24, 2.45) is 0 Å². The number of nitrogens with one attached hydrogen (secondary N) is 2. The molecule has 0 atom stereocenters. The van der Waals surface area contributed by atoms with Crippen LogP contribution in [0.25, 0.3) is 0 Å². The number of alkyl carbamates (subject to hydrolysis) is 1. The van der Waals surface area contributed by atoms with Gasteiger partial charge in [-0.2, -0.15) is 0 Å². The van der Waals surface area contributed by atoms with Crippen LogP contribution in [-0.2, 0) is 32.8 Å². The normalized spacial score (nSPS) is 11.3. The molecular formula is C17H33ClN2O8. The number of hydrogen-bond acceptors (Lipinski definition) is 8. The number of halogens is 1. The predicted octanol–water partition coefficient (Wildman–Crippen LogP) is 0.864. The molecule has 0 aliphatic rings. The van der Waals surface area contributed by atoms with Crippen molar-refractivity contribution in [1.82, 2.24) is 10.6 Å². The van der Waals surface area contributed by atoms with Gasteiger partial charge in [-0.3, -0.25) is 9.08 Å². The summed E-state index contributed by atoms with van der Waals surface area (Å²) in [5, 5.41) is 5.24. The van der Waals surface area contributed by atoms with E-state index in [1.807, 2.05) is 0 Å². The maximum absolute atomic E-state index is 11.5. The van der Waals surface area contributed by atoms with Crippen molar-refractivity contribution in [3.05, 3.63) is 0 Å². The second-order valence-electron chi connectivity index (χ2n) is 6.48. The zero-order chi connectivity index (χ0) is 21.1. The second-order valence-corrected chi connectivity index (χ2v) is 6.70. The molecule has 0 aromatic carbocycles. The predicted molar refractivity (Wildman–Crippen MR) is 102 cm³/mol. The van der Waals surface area contributed by atoms with Crippen LogP contribution >= 0.6 is 11.9 Å². The van der Waals surface area contributed by atoms with E-state index in [1.165, 1.54) is 0 Å². The van der Waals surface area contributed by atoms with Gasteiger partial charge in [-0.05, 0) is 20.8 Å². The molecule has 0 rings (SSSR count). The van der Waals surface area contributed by atoms with Crippen molar-refractivity contribution in [2.45, 2.75) is 26.4 Å². The fourth-order valence-electron chi connectivity index (χ4n) is 1.65. The maximum Gasteiger partial charge on any atom is 0.407 e. The van der Waals surface area contributed by atoms with Crippen molar-refractivity contribution < 1.29 is 37.6 Å². The minimum atomic E-state index is -0.518. The van der Waals surface area contributed by atoms with Gasteiger partial charge >= 0.3 is 6.09 Å². The molecule has 0 spiro atoms. The quantitative estimate of drug-likeness (QED) is 0.328. The Morgan fingerprint density at radius 3 is 1.82 bits per heavy atom. The second kappa shape index (κ2) is 17.9. The first-order valence-corrected chi connectivity index (χ1v) is 9.44. The summed E-state index contributed by atoms with van der Waals surface area (Å²) in [5.41, 5.74) is -0.518. The van der Waals surface area contributed by atoms with Gasteiger partial charge in [-0.15, -0.1) is 0 Å². The van der Waals surface area contributed by atoms with Crippen LogP contribution in [0, 0.1) is 0 Å². The molecule has 166 valence electrons. The Labute approximate surface area is 171 Å². The molecule has 0 unspecified atom stereocenters. The van der Waals surface area contributed by atoms with Crippen LogP contribution in [0.1, 0.15) is 20.8 Å². The summed E-state index contributed by atoms with van der Waals surface area (Å²) < 4.78 is 30.3. The van der Waals surface area contributed by atoms with Crippen LogP contribution in [0.4, 0.5) is 4.79 Å². The molecule has 0 radical (unpaired) electrons. The first kappa shape index (κ1) is 26.8.